The summed E-state index contributed by atoms with van der Waals surface area (Å²) >= 11 is 0. The summed E-state index contributed by atoms with van der Waals surface area (Å²) in [6, 6.07) is 24.2. The van der Waals surface area contributed by atoms with E-state index < -0.39 is 0 Å². The third-order valence-corrected chi connectivity index (χ3v) is 6.14. The van der Waals surface area contributed by atoms with E-state index in [-0.39, 0.29) is 17.5 Å². The molecule has 1 amide bonds. The van der Waals surface area contributed by atoms with Gasteiger partial charge in [-0.3, -0.25) is 14.2 Å². The molecule has 1 unspecified atom stereocenters. The molecule has 4 rings (SSSR count). The quantitative estimate of drug-likeness (QED) is 0.378. The Morgan fingerprint density at radius 1 is 1.00 bits per heavy atom. The molecule has 0 radical (unpaired) electrons. The van der Waals surface area contributed by atoms with Crippen LogP contribution in [0.1, 0.15) is 37.2 Å². The van der Waals surface area contributed by atoms with Crippen molar-refractivity contribution in [2.45, 2.75) is 32.2 Å². The van der Waals surface area contributed by atoms with Crippen molar-refractivity contribution in [1.29, 1.82) is 0 Å². The Hall–Kier alpha value is -3.93. The molecule has 0 saturated heterocycles. The van der Waals surface area contributed by atoms with Crippen molar-refractivity contribution in [3.8, 4) is 11.4 Å². The second kappa shape index (κ2) is 10.3. The van der Waals surface area contributed by atoms with Gasteiger partial charge in [0.05, 0.1) is 29.7 Å². The standard InChI is InChI=1S/C28H29N3O3/c1-4-23(30(2)26(32)19-18-20-12-6-5-7-13-20)27-29-22-15-9-8-14-21(22)28(33)31(27)24-16-10-11-17-25(24)34-3/h5-17,23H,4,18-19H2,1-3H3. The lowest BCUT2D eigenvalue weighted by Gasteiger charge is -2.29. The van der Waals surface area contributed by atoms with Gasteiger partial charge in [-0.05, 0) is 42.7 Å². The Bertz CT molecular complexity index is 1350. The van der Waals surface area contributed by atoms with E-state index in [0.717, 1.165) is 5.56 Å². The summed E-state index contributed by atoms with van der Waals surface area (Å²) < 4.78 is 7.16. The van der Waals surface area contributed by atoms with Crippen LogP contribution in [0, 0.1) is 0 Å². The maximum Gasteiger partial charge on any atom is 0.266 e. The van der Waals surface area contributed by atoms with E-state index in [2.05, 4.69) is 0 Å². The Labute approximate surface area is 199 Å². The molecule has 0 fully saturated rings. The number of fused-ring (bicyclic) bond motifs is 1. The zero-order valence-electron chi connectivity index (χ0n) is 19.8. The van der Waals surface area contributed by atoms with Crippen LogP contribution in [0.15, 0.2) is 83.7 Å². The molecule has 34 heavy (non-hydrogen) atoms. The first-order valence-corrected chi connectivity index (χ1v) is 11.5. The molecule has 174 valence electrons. The van der Waals surface area contributed by atoms with Crippen LogP contribution >= 0.6 is 0 Å². The van der Waals surface area contributed by atoms with E-state index in [4.69, 9.17) is 9.72 Å². The summed E-state index contributed by atoms with van der Waals surface area (Å²) in [5.41, 5.74) is 2.14. The number of ether oxygens (including phenoxy) is 1. The van der Waals surface area contributed by atoms with Crippen molar-refractivity contribution in [2.75, 3.05) is 14.2 Å². The summed E-state index contributed by atoms with van der Waals surface area (Å²) in [4.78, 5) is 33.5. The number of benzene rings is 3. The lowest BCUT2D eigenvalue weighted by Crippen LogP contribution is -2.36. The number of rotatable bonds is 8. The Kier molecular flexibility index (Phi) is 7.07. The molecule has 6 nitrogen and oxygen atoms in total. The van der Waals surface area contributed by atoms with Gasteiger partial charge in [-0.1, -0.05) is 61.5 Å². The van der Waals surface area contributed by atoms with Crippen LogP contribution in [0.5, 0.6) is 5.75 Å². The van der Waals surface area contributed by atoms with Crippen LogP contribution in [0.2, 0.25) is 0 Å². The van der Waals surface area contributed by atoms with Gasteiger partial charge >= 0.3 is 0 Å². The molecule has 1 heterocycles. The van der Waals surface area contributed by atoms with Gasteiger partial charge in [-0.25, -0.2) is 4.98 Å². The van der Waals surface area contributed by atoms with Crippen molar-refractivity contribution in [2.24, 2.45) is 0 Å². The number of hydrogen-bond acceptors (Lipinski definition) is 4. The monoisotopic (exact) mass is 455 g/mol. The number of hydrogen-bond donors (Lipinski definition) is 0. The predicted octanol–water partition coefficient (Wildman–Crippen LogP) is 4.94. The molecule has 0 bridgehead atoms. The van der Waals surface area contributed by atoms with Crippen molar-refractivity contribution in [1.82, 2.24) is 14.5 Å². The first-order valence-electron chi connectivity index (χ1n) is 11.5. The molecule has 0 aliphatic heterocycles. The van der Waals surface area contributed by atoms with Crippen molar-refractivity contribution < 1.29 is 9.53 Å². The Morgan fingerprint density at radius 2 is 1.68 bits per heavy atom. The number of carbonyl (C=O) groups excluding carboxylic acids is 1. The third-order valence-electron chi connectivity index (χ3n) is 6.14. The van der Waals surface area contributed by atoms with Crippen LogP contribution in [-0.2, 0) is 11.2 Å². The second-order valence-corrected chi connectivity index (χ2v) is 8.21. The molecule has 1 atom stereocenters. The summed E-state index contributed by atoms with van der Waals surface area (Å²) in [5.74, 6) is 1.09. The van der Waals surface area contributed by atoms with E-state index in [1.165, 1.54) is 0 Å². The van der Waals surface area contributed by atoms with Gasteiger partial charge in [0, 0.05) is 13.5 Å². The Morgan fingerprint density at radius 3 is 2.41 bits per heavy atom. The molecule has 0 N–H and O–H groups in total. The van der Waals surface area contributed by atoms with Gasteiger partial charge in [0.1, 0.15) is 11.6 Å². The zero-order chi connectivity index (χ0) is 24.1. The van der Waals surface area contributed by atoms with Crippen molar-refractivity contribution in [3.05, 3.63) is 101 Å². The van der Waals surface area contributed by atoms with E-state index in [0.29, 0.717) is 47.4 Å². The maximum absolute atomic E-state index is 13.7. The number of amides is 1. The smallest absolute Gasteiger partial charge is 0.266 e. The molecule has 4 aromatic rings. The molecule has 1 aromatic heterocycles. The summed E-state index contributed by atoms with van der Waals surface area (Å²) in [6.07, 6.45) is 1.64. The average Bonchev–Trinajstić information content (AvgIpc) is 2.88. The van der Waals surface area contributed by atoms with Gasteiger partial charge in [0.15, 0.2) is 0 Å². The molecular weight excluding hydrogens is 426 g/mol. The summed E-state index contributed by atoms with van der Waals surface area (Å²) in [7, 11) is 3.37. The van der Waals surface area contributed by atoms with Gasteiger partial charge < -0.3 is 9.64 Å². The summed E-state index contributed by atoms with van der Waals surface area (Å²) in [6.45, 7) is 2.00. The van der Waals surface area contributed by atoms with Crippen molar-refractivity contribution in [3.63, 3.8) is 0 Å². The van der Waals surface area contributed by atoms with Crippen LogP contribution in [0.3, 0.4) is 0 Å². The first kappa shape index (κ1) is 23.2. The number of aromatic nitrogens is 2. The molecule has 0 spiro atoms. The number of methoxy groups -OCH3 is 1. The average molecular weight is 456 g/mol. The minimum Gasteiger partial charge on any atom is -0.495 e. The largest absolute Gasteiger partial charge is 0.495 e. The van der Waals surface area contributed by atoms with E-state index in [1.54, 1.807) is 29.7 Å². The van der Waals surface area contributed by atoms with Crippen LogP contribution < -0.4 is 10.3 Å². The number of para-hydroxylation sites is 3. The predicted molar refractivity (Wildman–Crippen MR) is 134 cm³/mol. The van der Waals surface area contributed by atoms with E-state index in [1.807, 2.05) is 79.7 Å². The van der Waals surface area contributed by atoms with Crippen LogP contribution in [0.25, 0.3) is 16.6 Å². The molecular formula is C28H29N3O3. The van der Waals surface area contributed by atoms with E-state index >= 15 is 0 Å². The first-order chi connectivity index (χ1) is 16.5. The minimum absolute atomic E-state index is 0.00434. The highest BCUT2D eigenvalue weighted by atomic mass is 16.5. The molecule has 0 aliphatic rings. The van der Waals surface area contributed by atoms with Crippen LogP contribution in [0.4, 0.5) is 0 Å². The maximum atomic E-state index is 13.7. The topological polar surface area (TPSA) is 64.4 Å². The number of carbonyl (C=O) groups is 1. The number of nitrogens with zero attached hydrogens (tertiary/aromatic N) is 3. The molecule has 0 aliphatic carbocycles. The Balaban J connectivity index is 1.79. The highest BCUT2D eigenvalue weighted by Gasteiger charge is 2.27. The zero-order valence-corrected chi connectivity index (χ0v) is 19.8. The van der Waals surface area contributed by atoms with Gasteiger partial charge in [0.25, 0.3) is 5.56 Å². The van der Waals surface area contributed by atoms with E-state index in [9.17, 15) is 9.59 Å². The number of aryl methyl sites for hydroxylation is 1. The van der Waals surface area contributed by atoms with Gasteiger partial charge in [-0.15, -0.1) is 0 Å². The second-order valence-electron chi connectivity index (χ2n) is 8.21. The SMILES string of the molecule is CCC(c1nc2ccccc2c(=O)n1-c1ccccc1OC)N(C)C(=O)CCc1ccccc1. The van der Waals surface area contributed by atoms with Gasteiger partial charge in [0.2, 0.25) is 5.91 Å². The molecule has 3 aromatic carbocycles. The highest BCUT2D eigenvalue weighted by Crippen LogP contribution is 2.29. The lowest BCUT2D eigenvalue weighted by molar-refractivity contribution is -0.132. The third kappa shape index (κ3) is 4.57. The fourth-order valence-corrected chi connectivity index (χ4v) is 4.30. The fourth-order valence-electron chi connectivity index (χ4n) is 4.30. The summed E-state index contributed by atoms with van der Waals surface area (Å²) in [5, 5.41) is 0.519. The fraction of sp³-hybridized carbons (Fsp3) is 0.250. The van der Waals surface area contributed by atoms with Gasteiger partial charge in [-0.2, -0.15) is 0 Å². The normalized spacial score (nSPS) is 11.9. The molecule has 6 heteroatoms. The molecule has 0 saturated carbocycles. The lowest BCUT2D eigenvalue weighted by atomic mass is 10.1. The van der Waals surface area contributed by atoms with Crippen LogP contribution in [-0.4, -0.2) is 34.5 Å². The minimum atomic E-state index is -0.384. The highest BCUT2D eigenvalue weighted by molar-refractivity contribution is 5.79. The van der Waals surface area contributed by atoms with Crippen molar-refractivity contribution >= 4 is 16.8 Å².